The van der Waals surface area contributed by atoms with Crippen LogP contribution in [0.2, 0.25) is 0 Å². The van der Waals surface area contributed by atoms with Gasteiger partial charge >= 0.3 is 17.6 Å². The SMILES string of the molecule is COC(=O)C[C@@H]1C[C@@H](OC(C)=O)[C@H](n2c(=O)n(Cc3ccc(C=O)cc3)c3cnc(N)nc32)O1. The molecule has 178 valence electrons. The van der Waals surface area contributed by atoms with Crippen LogP contribution in [-0.2, 0) is 30.3 Å². The number of anilines is 1. The number of esters is 2. The molecular weight excluding hydrogens is 446 g/mol. The van der Waals surface area contributed by atoms with Gasteiger partial charge in [0.15, 0.2) is 11.9 Å². The second kappa shape index (κ2) is 9.43. The summed E-state index contributed by atoms with van der Waals surface area (Å²) in [5.74, 6) is -1.10. The lowest BCUT2D eigenvalue weighted by molar-refractivity contribution is -0.153. The van der Waals surface area contributed by atoms with Crippen LogP contribution in [0.3, 0.4) is 0 Å². The molecule has 1 fully saturated rings. The Morgan fingerprint density at radius 3 is 2.68 bits per heavy atom. The molecule has 3 aromatic rings. The Kier molecular flexibility index (Phi) is 6.41. The highest BCUT2D eigenvalue weighted by Gasteiger charge is 2.42. The Morgan fingerprint density at radius 1 is 1.29 bits per heavy atom. The van der Waals surface area contributed by atoms with E-state index in [4.69, 9.17) is 19.9 Å². The summed E-state index contributed by atoms with van der Waals surface area (Å²) in [4.78, 5) is 56.3. The predicted molar refractivity (Wildman–Crippen MR) is 118 cm³/mol. The van der Waals surface area contributed by atoms with Crippen molar-refractivity contribution in [1.82, 2.24) is 19.1 Å². The van der Waals surface area contributed by atoms with Crippen LogP contribution < -0.4 is 11.4 Å². The number of aromatic nitrogens is 4. The van der Waals surface area contributed by atoms with Gasteiger partial charge in [-0.2, -0.15) is 4.98 Å². The van der Waals surface area contributed by atoms with Gasteiger partial charge < -0.3 is 19.9 Å². The number of benzene rings is 1. The number of methoxy groups -OCH3 is 1. The fraction of sp³-hybridized carbons (Fsp3) is 0.364. The van der Waals surface area contributed by atoms with E-state index >= 15 is 0 Å². The maximum atomic E-state index is 13.6. The highest BCUT2D eigenvalue weighted by Crippen LogP contribution is 2.34. The van der Waals surface area contributed by atoms with E-state index in [1.807, 2.05) is 0 Å². The van der Waals surface area contributed by atoms with Gasteiger partial charge in [0.25, 0.3) is 0 Å². The number of carbonyl (C=O) groups is 3. The number of imidazole rings is 1. The maximum absolute atomic E-state index is 13.6. The molecular formula is C22H23N5O7. The number of nitrogens with zero attached hydrogens (tertiary/aromatic N) is 4. The van der Waals surface area contributed by atoms with Crippen molar-refractivity contribution in [3.63, 3.8) is 0 Å². The first-order valence-electron chi connectivity index (χ1n) is 10.5. The van der Waals surface area contributed by atoms with Gasteiger partial charge in [-0.05, 0) is 5.56 Å². The molecule has 0 radical (unpaired) electrons. The van der Waals surface area contributed by atoms with Gasteiger partial charge in [0.05, 0.1) is 32.4 Å². The smallest absolute Gasteiger partial charge is 0.332 e. The van der Waals surface area contributed by atoms with Gasteiger partial charge in [-0.25, -0.2) is 14.3 Å². The third-order valence-electron chi connectivity index (χ3n) is 5.52. The average molecular weight is 469 g/mol. The standard InChI is InChI=1S/C22H23N5O7/c1-12(29)33-17-7-15(8-18(30)32-2)34-20(17)27-19-16(9-24-21(23)25-19)26(22(27)31)10-13-3-5-14(11-28)6-4-13/h3-6,9,11,15,17,20H,7-8,10H2,1-2H3,(H2,23,24,25)/t15-,17+,20+/m0/s1. The summed E-state index contributed by atoms with van der Waals surface area (Å²) in [6.07, 6.45) is -0.243. The van der Waals surface area contributed by atoms with Gasteiger partial charge in [0.2, 0.25) is 5.95 Å². The topological polar surface area (TPSA) is 158 Å². The van der Waals surface area contributed by atoms with Crippen molar-refractivity contribution in [3.8, 4) is 0 Å². The molecule has 2 N–H and O–H groups in total. The molecule has 1 aliphatic heterocycles. The van der Waals surface area contributed by atoms with Crippen molar-refractivity contribution in [2.24, 2.45) is 0 Å². The number of carbonyl (C=O) groups excluding carboxylic acids is 3. The van der Waals surface area contributed by atoms with Crippen LogP contribution in [0, 0.1) is 0 Å². The predicted octanol–water partition coefficient (Wildman–Crippen LogP) is 0.818. The molecule has 12 heteroatoms. The second-order valence-corrected chi connectivity index (χ2v) is 7.85. The molecule has 1 aromatic carbocycles. The number of rotatable bonds is 7. The minimum absolute atomic E-state index is 0.0538. The minimum Gasteiger partial charge on any atom is -0.469 e. The Hall–Kier alpha value is -4.06. The fourth-order valence-electron chi connectivity index (χ4n) is 4.00. The van der Waals surface area contributed by atoms with E-state index in [2.05, 4.69) is 9.97 Å². The van der Waals surface area contributed by atoms with Crippen molar-refractivity contribution in [3.05, 3.63) is 52.1 Å². The van der Waals surface area contributed by atoms with E-state index in [1.54, 1.807) is 24.3 Å². The first-order valence-corrected chi connectivity index (χ1v) is 10.5. The van der Waals surface area contributed by atoms with Crippen LogP contribution in [0.15, 0.2) is 35.3 Å². The van der Waals surface area contributed by atoms with Crippen LogP contribution in [0.25, 0.3) is 11.2 Å². The van der Waals surface area contributed by atoms with Crippen molar-refractivity contribution >= 4 is 35.3 Å². The Balaban J connectivity index is 1.78. The normalized spacial score (nSPS) is 19.8. The van der Waals surface area contributed by atoms with E-state index in [0.717, 1.165) is 11.8 Å². The van der Waals surface area contributed by atoms with Crippen molar-refractivity contribution < 1.29 is 28.6 Å². The molecule has 0 unspecified atom stereocenters. The zero-order valence-electron chi connectivity index (χ0n) is 18.5. The molecule has 1 saturated heterocycles. The number of hydrogen-bond acceptors (Lipinski definition) is 10. The summed E-state index contributed by atoms with van der Waals surface area (Å²) in [5, 5.41) is 0. The van der Waals surface area contributed by atoms with Crippen LogP contribution in [0.1, 0.15) is 41.9 Å². The quantitative estimate of drug-likeness (QED) is 0.388. The zero-order valence-corrected chi connectivity index (χ0v) is 18.5. The number of nitrogen functional groups attached to an aromatic ring is 1. The molecule has 34 heavy (non-hydrogen) atoms. The van der Waals surface area contributed by atoms with E-state index in [0.29, 0.717) is 11.1 Å². The molecule has 2 aromatic heterocycles. The molecule has 0 amide bonds. The van der Waals surface area contributed by atoms with Crippen molar-refractivity contribution in [2.75, 3.05) is 12.8 Å². The zero-order chi connectivity index (χ0) is 24.4. The summed E-state index contributed by atoms with van der Waals surface area (Å²) in [6.45, 7) is 1.41. The van der Waals surface area contributed by atoms with Crippen LogP contribution >= 0.6 is 0 Å². The average Bonchev–Trinajstić information content (AvgIpc) is 3.30. The number of hydrogen-bond donors (Lipinski definition) is 1. The lowest BCUT2D eigenvalue weighted by Crippen LogP contribution is -2.34. The van der Waals surface area contributed by atoms with Gasteiger partial charge in [-0.1, -0.05) is 24.3 Å². The van der Waals surface area contributed by atoms with E-state index in [1.165, 1.54) is 29.4 Å². The third-order valence-corrected chi connectivity index (χ3v) is 5.52. The van der Waals surface area contributed by atoms with E-state index in [9.17, 15) is 19.2 Å². The monoisotopic (exact) mass is 469 g/mol. The summed E-state index contributed by atoms with van der Waals surface area (Å²) >= 11 is 0. The largest absolute Gasteiger partial charge is 0.469 e. The molecule has 0 spiro atoms. The Labute approximate surface area is 193 Å². The first-order chi connectivity index (χ1) is 16.3. The number of nitrogens with two attached hydrogens (primary N) is 1. The number of aldehydes is 1. The minimum atomic E-state index is -1.04. The molecule has 0 saturated carbocycles. The van der Waals surface area contributed by atoms with Crippen LogP contribution in [0.4, 0.5) is 5.95 Å². The van der Waals surface area contributed by atoms with E-state index in [-0.39, 0.29) is 31.0 Å². The summed E-state index contributed by atoms with van der Waals surface area (Å²) in [6, 6.07) is 6.76. The Morgan fingerprint density at radius 2 is 2.03 bits per heavy atom. The van der Waals surface area contributed by atoms with Gasteiger partial charge in [-0.3, -0.25) is 19.0 Å². The summed E-state index contributed by atoms with van der Waals surface area (Å²) in [5.41, 5.74) is 7.16. The number of ether oxygens (including phenoxy) is 3. The molecule has 0 bridgehead atoms. The van der Waals surface area contributed by atoms with Gasteiger partial charge in [-0.15, -0.1) is 0 Å². The molecule has 3 atom stereocenters. The highest BCUT2D eigenvalue weighted by atomic mass is 16.6. The molecule has 12 nitrogen and oxygen atoms in total. The Bertz CT molecular complexity index is 1300. The lowest BCUT2D eigenvalue weighted by Gasteiger charge is -2.19. The van der Waals surface area contributed by atoms with Crippen LogP contribution in [-0.4, -0.2) is 56.6 Å². The van der Waals surface area contributed by atoms with Gasteiger partial charge in [0, 0.05) is 18.9 Å². The molecule has 0 aliphatic carbocycles. The lowest BCUT2D eigenvalue weighted by atomic mass is 10.1. The number of fused-ring (bicyclic) bond motifs is 1. The maximum Gasteiger partial charge on any atom is 0.332 e. The van der Waals surface area contributed by atoms with E-state index < -0.39 is 36.1 Å². The summed E-state index contributed by atoms with van der Waals surface area (Å²) in [7, 11) is 1.26. The fourth-order valence-corrected chi connectivity index (χ4v) is 4.00. The second-order valence-electron chi connectivity index (χ2n) is 7.85. The molecule has 4 rings (SSSR count). The highest BCUT2D eigenvalue weighted by molar-refractivity contribution is 5.75. The van der Waals surface area contributed by atoms with Crippen molar-refractivity contribution in [1.29, 1.82) is 0 Å². The van der Waals surface area contributed by atoms with Gasteiger partial charge in [0.1, 0.15) is 17.9 Å². The summed E-state index contributed by atoms with van der Waals surface area (Å²) < 4.78 is 18.8. The van der Waals surface area contributed by atoms with Crippen LogP contribution in [0.5, 0.6) is 0 Å². The van der Waals surface area contributed by atoms with Crippen molar-refractivity contribution in [2.45, 2.75) is 44.7 Å². The molecule has 1 aliphatic rings. The molecule has 3 heterocycles. The first kappa shape index (κ1) is 23.1. The third kappa shape index (κ3) is 4.53.